The Labute approximate surface area is 129 Å². The number of aromatic nitrogens is 2. The predicted molar refractivity (Wildman–Crippen MR) is 84.6 cm³/mol. The van der Waals surface area contributed by atoms with Gasteiger partial charge in [0, 0.05) is 13.0 Å². The molecule has 0 aliphatic carbocycles. The van der Waals surface area contributed by atoms with E-state index in [4.69, 9.17) is 4.42 Å². The molecule has 5 nitrogen and oxygen atoms in total. The van der Waals surface area contributed by atoms with Gasteiger partial charge in [-0.05, 0) is 44.5 Å². The van der Waals surface area contributed by atoms with Crippen molar-refractivity contribution in [2.24, 2.45) is 0 Å². The van der Waals surface area contributed by atoms with Crippen LogP contribution in [0, 0.1) is 0 Å². The number of hydrogen-bond acceptors (Lipinski definition) is 6. The lowest BCUT2D eigenvalue weighted by Gasteiger charge is -2.25. The summed E-state index contributed by atoms with van der Waals surface area (Å²) < 4.78 is 5.63. The van der Waals surface area contributed by atoms with Crippen molar-refractivity contribution < 1.29 is 4.42 Å². The van der Waals surface area contributed by atoms with Crippen molar-refractivity contribution in [3.05, 3.63) is 29.2 Å². The summed E-state index contributed by atoms with van der Waals surface area (Å²) in [5, 5.41) is 13.9. The second-order valence-electron chi connectivity index (χ2n) is 5.41. The molecule has 1 aliphatic heterocycles. The van der Waals surface area contributed by atoms with Crippen LogP contribution >= 0.6 is 11.3 Å². The first-order chi connectivity index (χ1) is 10.4. The molecule has 3 heterocycles. The summed E-state index contributed by atoms with van der Waals surface area (Å²) in [6.07, 6.45) is 6.42. The fourth-order valence-corrected chi connectivity index (χ4v) is 3.62. The molecule has 1 fully saturated rings. The van der Waals surface area contributed by atoms with Gasteiger partial charge in [0.15, 0.2) is 0 Å². The van der Waals surface area contributed by atoms with Crippen LogP contribution < -0.4 is 5.32 Å². The van der Waals surface area contributed by atoms with Gasteiger partial charge in [-0.3, -0.25) is 4.90 Å². The first-order valence-electron chi connectivity index (χ1n) is 7.70. The number of anilines is 1. The molecule has 2 aromatic rings. The zero-order valence-electron chi connectivity index (χ0n) is 12.4. The average molecular weight is 306 g/mol. The smallest absolute Gasteiger partial charge is 0.205 e. The van der Waals surface area contributed by atoms with Crippen LogP contribution in [-0.4, -0.2) is 34.7 Å². The van der Waals surface area contributed by atoms with Crippen molar-refractivity contribution in [3.63, 3.8) is 0 Å². The quantitative estimate of drug-likeness (QED) is 0.850. The second-order valence-corrected chi connectivity index (χ2v) is 6.47. The second kappa shape index (κ2) is 7.04. The molecule has 2 aromatic heterocycles. The Morgan fingerprint density at radius 3 is 2.95 bits per heavy atom. The summed E-state index contributed by atoms with van der Waals surface area (Å²) in [6, 6.07) is 4.30. The standard InChI is InChI=1S/C15H22N4OS/c1-2-6-14-17-18-15(21-14)16-11-12(13-7-5-10-20-13)19-8-3-4-9-19/h5,7,10,12H,2-4,6,8-9,11H2,1H3,(H,16,18). The number of aryl methyl sites for hydroxylation is 1. The number of hydrogen-bond donors (Lipinski definition) is 1. The Bertz CT molecular complexity index is 534. The van der Waals surface area contributed by atoms with Crippen LogP contribution in [0.3, 0.4) is 0 Å². The van der Waals surface area contributed by atoms with Crippen molar-refractivity contribution >= 4 is 16.5 Å². The summed E-state index contributed by atoms with van der Waals surface area (Å²) in [5.41, 5.74) is 0. The Morgan fingerprint density at radius 2 is 2.24 bits per heavy atom. The Balaban J connectivity index is 1.63. The molecule has 1 saturated heterocycles. The van der Waals surface area contributed by atoms with E-state index >= 15 is 0 Å². The van der Waals surface area contributed by atoms with Gasteiger partial charge in [0.25, 0.3) is 0 Å². The minimum atomic E-state index is 0.279. The molecule has 6 heteroatoms. The van der Waals surface area contributed by atoms with E-state index in [-0.39, 0.29) is 6.04 Å². The lowest BCUT2D eigenvalue weighted by atomic mass is 10.2. The average Bonchev–Trinajstić information content (AvgIpc) is 3.22. The van der Waals surface area contributed by atoms with Crippen molar-refractivity contribution in [2.75, 3.05) is 25.0 Å². The number of nitrogens with one attached hydrogen (secondary N) is 1. The molecule has 1 atom stereocenters. The monoisotopic (exact) mass is 306 g/mol. The number of likely N-dealkylation sites (tertiary alicyclic amines) is 1. The van der Waals surface area contributed by atoms with E-state index in [9.17, 15) is 0 Å². The fourth-order valence-electron chi connectivity index (χ4n) is 2.77. The lowest BCUT2D eigenvalue weighted by Crippen LogP contribution is -2.30. The normalized spacial score (nSPS) is 17.2. The highest BCUT2D eigenvalue weighted by molar-refractivity contribution is 7.15. The summed E-state index contributed by atoms with van der Waals surface area (Å²) in [5.74, 6) is 1.03. The fraction of sp³-hybridized carbons (Fsp3) is 0.600. The molecule has 0 spiro atoms. The van der Waals surface area contributed by atoms with Gasteiger partial charge >= 0.3 is 0 Å². The van der Waals surface area contributed by atoms with Crippen LogP contribution in [0.1, 0.15) is 43.0 Å². The van der Waals surface area contributed by atoms with Gasteiger partial charge in [-0.1, -0.05) is 18.3 Å². The van der Waals surface area contributed by atoms with Gasteiger partial charge in [0.05, 0.1) is 12.3 Å². The van der Waals surface area contributed by atoms with E-state index in [1.807, 2.05) is 6.07 Å². The summed E-state index contributed by atoms with van der Waals surface area (Å²) in [4.78, 5) is 2.49. The van der Waals surface area contributed by atoms with Gasteiger partial charge in [-0.2, -0.15) is 0 Å². The highest BCUT2D eigenvalue weighted by atomic mass is 32.1. The molecule has 3 rings (SSSR count). The van der Waals surface area contributed by atoms with Gasteiger partial charge in [0.1, 0.15) is 10.8 Å². The van der Waals surface area contributed by atoms with E-state index < -0.39 is 0 Å². The topological polar surface area (TPSA) is 54.2 Å². The highest BCUT2D eigenvalue weighted by Crippen LogP contribution is 2.26. The van der Waals surface area contributed by atoms with Gasteiger partial charge in [-0.15, -0.1) is 10.2 Å². The van der Waals surface area contributed by atoms with Crippen LogP contribution in [-0.2, 0) is 6.42 Å². The summed E-state index contributed by atoms with van der Waals surface area (Å²) in [6.45, 7) is 5.26. The largest absolute Gasteiger partial charge is 0.468 e. The molecule has 1 unspecified atom stereocenters. The molecule has 21 heavy (non-hydrogen) atoms. The number of nitrogens with zero attached hydrogens (tertiary/aromatic N) is 3. The maximum Gasteiger partial charge on any atom is 0.205 e. The number of rotatable bonds is 7. The Hall–Kier alpha value is -1.40. The zero-order valence-corrected chi connectivity index (χ0v) is 13.2. The minimum absolute atomic E-state index is 0.279. The summed E-state index contributed by atoms with van der Waals surface area (Å²) >= 11 is 1.66. The molecule has 0 aromatic carbocycles. The van der Waals surface area contributed by atoms with E-state index in [2.05, 4.69) is 33.4 Å². The lowest BCUT2D eigenvalue weighted by molar-refractivity contribution is 0.225. The Morgan fingerprint density at radius 1 is 1.38 bits per heavy atom. The third-order valence-corrected chi connectivity index (χ3v) is 4.77. The first kappa shape index (κ1) is 14.5. The van der Waals surface area contributed by atoms with Crippen LogP contribution in [0.4, 0.5) is 5.13 Å². The van der Waals surface area contributed by atoms with E-state index in [0.717, 1.165) is 48.4 Å². The first-order valence-corrected chi connectivity index (χ1v) is 8.52. The highest BCUT2D eigenvalue weighted by Gasteiger charge is 2.25. The molecule has 0 amide bonds. The molecule has 1 N–H and O–H groups in total. The van der Waals surface area contributed by atoms with Gasteiger partial charge in [0.2, 0.25) is 5.13 Å². The van der Waals surface area contributed by atoms with Crippen molar-refractivity contribution in [3.8, 4) is 0 Å². The molecular formula is C15H22N4OS. The Kier molecular flexibility index (Phi) is 4.87. The number of furan rings is 1. The van der Waals surface area contributed by atoms with Crippen molar-refractivity contribution in [2.45, 2.75) is 38.6 Å². The molecule has 0 bridgehead atoms. The van der Waals surface area contributed by atoms with Crippen LogP contribution in [0.15, 0.2) is 22.8 Å². The maximum absolute atomic E-state index is 5.63. The van der Waals surface area contributed by atoms with Gasteiger partial charge < -0.3 is 9.73 Å². The zero-order chi connectivity index (χ0) is 14.5. The minimum Gasteiger partial charge on any atom is -0.468 e. The molecule has 1 aliphatic rings. The van der Waals surface area contributed by atoms with Gasteiger partial charge in [-0.25, -0.2) is 0 Å². The van der Waals surface area contributed by atoms with E-state index in [0.29, 0.717) is 0 Å². The SMILES string of the molecule is CCCc1nnc(NCC(c2ccco2)N2CCCC2)s1. The predicted octanol–water partition coefficient (Wildman–Crippen LogP) is 3.33. The molecular weight excluding hydrogens is 284 g/mol. The molecule has 0 radical (unpaired) electrons. The van der Waals surface area contributed by atoms with Crippen molar-refractivity contribution in [1.82, 2.24) is 15.1 Å². The third kappa shape index (κ3) is 3.63. The summed E-state index contributed by atoms with van der Waals surface area (Å²) in [7, 11) is 0. The molecule has 114 valence electrons. The maximum atomic E-state index is 5.63. The van der Waals surface area contributed by atoms with Crippen molar-refractivity contribution in [1.29, 1.82) is 0 Å². The van der Waals surface area contributed by atoms with E-state index in [1.165, 1.54) is 12.8 Å². The van der Waals surface area contributed by atoms with Crippen LogP contribution in [0.2, 0.25) is 0 Å². The van der Waals surface area contributed by atoms with Crippen LogP contribution in [0.25, 0.3) is 0 Å². The van der Waals surface area contributed by atoms with Crippen LogP contribution in [0.5, 0.6) is 0 Å². The molecule has 0 saturated carbocycles. The van der Waals surface area contributed by atoms with E-state index in [1.54, 1.807) is 17.6 Å². The third-order valence-electron chi connectivity index (χ3n) is 3.83.